The number of H-pyrrole nitrogens is 1. The molecule has 0 saturated heterocycles. The molecular formula is C36H39Cl3F6N6O6. The van der Waals surface area contributed by atoms with Gasteiger partial charge < -0.3 is 18.9 Å². The van der Waals surface area contributed by atoms with Gasteiger partial charge in [-0.1, -0.05) is 34.8 Å². The topological polar surface area (TPSA) is 143 Å². The lowest BCUT2D eigenvalue weighted by molar-refractivity contribution is -0.195. The first-order chi connectivity index (χ1) is 26.2. The summed E-state index contributed by atoms with van der Waals surface area (Å²) in [6.45, 7) is 9.74. The number of aromatic nitrogens is 6. The first-order valence-corrected chi connectivity index (χ1v) is 18.3. The third-order valence-electron chi connectivity index (χ3n) is 8.07. The molecule has 57 heavy (non-hydrogen) atoms. The van der Waals surface area contributed by atoms with Gasteiger partial charge in [0.2, 0.25) is 11.8 Å². The summed E-state index contributed by atoms with van der Waals surface area (Å²) < 4.78 is 98.0. The van der Waals surface area contributed by atoms with E-state index in [1.807, 2.05) is 0 Å². The van der Waals surface area contributed by atoms with Gasteiger partial charge in [0, 0.05) is 18.3 Å². The number of esters is 2. The van der Waals surface area contributed by atoms with E-state index in [0.717, 1.165) is 0 Å². The molecule has 12 nitrogen and oxygen atoms in total. The SMILES string of the molecule is CC(C)(C)OC(=O)c1ccc(-n2ccc(OCC3(C(F)(F)F)CC3)n2)nc1Cl.CC(C)(C)OC(=O)c1ccc(Cl)nc1Cl.FC(F)(F)C1(COc2ccn[nH]2)CC1. The van der Waals surface area contributed by atoms with Crippen LogP contribution in [0.25, 0.3) is 5.82 Å². The monoisotopic (exact) mass is 870 g/mol. The molecule has 0 atom stereocenters. The van der Waals surface area contributed by atoms with E-state index in [4.69, 9.17) is 53.8 Å². The highest BCUT2D eigenvalue weighted by atomic mass is 35.5. The molecule has 0 bridgehead atoms. The molecule has 0 spiro atoms. The summed E-state index contributed by atoms with van der Waals surface area (Å²) in [6, 6.07) is 8.86. The zero-order valence-electron chi connectivity index (χ0n) is 31.4. The van der Waals surface area contributed by atoms with Crippen molar-refractivity contribution in [2.45, 2.75) is 90.8 Å². The van der Waals surface area contributed by atoms with E-state index in [9.17, 15) is 35.9 Å². The van der Waals surface area contributed by atoms with E-state index in [1.54, 1.807) is 41.5 Å². The molecule has 4 aromatic rings. The predicted octanol–water partition coefficient (Wildman–Crippen LogP) is 10.1. The molecule has 0 aliphatic heterocycles. The molecule has 0 radical (unpaired) electrons. The number of hydrogen-bond acceptors (Lipinski definition) is 10. The second-order valence-corrected chi connectivity index (χ2v) is 16.2. The fraction of sp³-hybridized carbons (Fsp3) is 0.500. The van der Waals surface area contributed by atoms with Gasteiger partial charge in [-0.05, 0) is 91.5 Å². The number of carbonyl (C=O) groups is 2. The minimum absolute atomic E-state index is 0.0460. The number of aromatic amines is 1. The summed E-state index contributed by atoms with van der Waals surface area (Å²) in [6.07, 6.45) is -5.11. The van der Waals surface area contributed by atoms with Crippen molar-refractivity contribution in [3.63, 3.8) is 0 Å². The molecule has 2 aliphatic rings. The van der Waals surface area contributed by atoms with Crippen LogP contribution in [-0.2, 0) is 9.47 Å². The number of alkyl halides is 6. The van der Waals surface area contributed by atoms with Crippen LogP contribution in [0.4, 0.5) is 26.3 Å². The molecule has 0 unspecified atom stereocenters. The Balaban J connectivity index is 0.000000209. The van der Waals surface area contributed by atoms with E-state index < -0.39 is 52.9 Å². The quantitative estimate of drug-likeness (QED) is 0.0981. The molecule has 2 saturated carbocycles. The van der Waals surface area contributed by atoms with E-state index in [0.29, 0.717) is 0 Å². The number of ether oxygens (including phenoxy) is 4. The smallest absolute Gasteiger partial charge is 0.397 e. The molecule has 2 aliphatic carbocycles. The molecule has 0 amide bonds. The second-order valence-electron chi connectivity index (χ2n) is 15.1. The molecule has 2 fully saturated rings. The van der Waals surface area contributed by atoms with E-state index in [1.165, 1.54) is 53.5 Å². The van der Waals surface area contributed by atoms with E-state index >= 15 is 0 Å². The molecule has 21 heteroatoms. The number of carbonyl (C=O) groups excluding carboxylic acids is 2. The molecular weight excluding hydrogens is 833 g/mol. The van der Waals surface area contributed by atoms with Crippen LogP contribution in [0.15, 0.2) is 48.8 Å². The number of hydrogen-bond donors (Lipinski definition) is 1. The van der Waals surface area contributed by atoms with Crippen LogP contribution < -0.4 is 9.47 Å². The first-order valence-electron chi connectivity index (χ1n) is 17.1. The van der Waals surface area contributed by atoms with Crippen LogP contribution in [0.5, 0.6) is 11.8 Å². The van der Waals surface area contributed by atoms with Gasteiger partial charge in [-0.25, -0.2) is 29.3 Å². The van der Waals surface area contributed by atoms with Gasteiger partial charge in [0.05, 0.1) is 17.3 Å². The number of rotatable bonds is 9. The molecule has 0 aromatic carbocycles. The van der Waals surface area contributed by atoms with Crippen LogP contribution in [0, 0.1) is 10.8 Å². The zero-order chi connectivity index (χ0) is 42.6. The number of nitrogens with zero attached hydrogens (tertiary/aromatic N) is 5. The average molecular weight is 872 g/mol. The molecule has 6 rings (SSSR count). The van der Waals surface area contributed by atoms with Crippen molar-refractivity contribution in [1.29, 1.82) is 0 Å². The Morgan fingerprint density at radius 3 is 1.63 bits per heavy atom. The maximum Gasteiger partial charge on any atom is 0.397 e. The average Bonchev–Trinajstić information content (AvgIpc) is 3.94. The third kappa shape index (κ3) is 12.9. The van der Waals surface area contributed by atoms with Crippen molar-refractivity contribution in [2.24, 2.45) is 10.8 Å². The van der Waals surface area contributed by atoms with Gasteiger partial charge in [-0.15, -0.1) is 5.10 Å². The standard InChI is InChI=1S/C18H19ClF3N3O3.C10H11Cl2NO2.C8H9F3N2O/c1-16(2,3)28-15(26)11-4-5-12(23-14(11)19)25-9-6-13(24-25)27-10-17(7-8-17)18(20,21)22;1-10(2,3)15-9(14)6-4-5-7(11)13-8(6)12;9-8(10,11)7(2-3-7)5-14-6-1-4-12-13-6/h4-6,9H,7-8,10H2,1-3H3;4-5H,1-3H3;1,4H,2-3,5H2,(H,12,13). The molecule has 4 heterocycles. The number of halogens is 9. The second kappa shape index (κ2) is 17.3. The van der Waals surface area contributed by atoms with Gasteiger partial charge in [-0.3, -0.25) is 0 Å². The number of pyridine rings is 2. The van der Waals surface area contributed by atoms with Gasteiger partial charge >= 0.3 is 24.3 Å². The van der Waals surface area contributed by atoms with Crippen molar-refractivity contribution in [1.82, 2.24) is 29.9 Å². The van der Waals surface area contributed by atoms with Gasteiger partial charge in [0.25, 0.3) is 0 Å². The number of nitrogens with one attached hydrogen (secondary N) is 1. The van der Waals surface area contributed by atoms with Gasteiger partial charge in [-0.2, -0.15) is 31.4 Å². The molecule has 4 aromatic heterocycles. The van der Waals surface area contributed by atoms with Crippen LogP contribution in [0.2, 0.25) is 15.5 Å². The Bertz CT molecular complexity index is 2000. The molecule has 312 valence electrons. The summed E-state index contributed by atoms with van der Waals surface area (Å²) >= 11 is 17.4. The van der Waals surface area contributed by atoms with E-state index in [2.05, 4.69) is 25.3 Å². The Kier molecular flexibility index (Phi) is 13.8. The fourth-order valence-corrected chi connectivity index (χ4v) is 5.17. The first kappa shape index (κ1) is 45.4. The fourth-order valence-electron chi connectivity index (χ4n) is 4.52. The lowest BCUT2D eigenvalue weighted by atomic mass is 10.1. The highest BCUT2D eigenvalue weighted by Crippen LogP contribution is 2.58. The minimum Gasteiger partial charge on any atom is -0.477 e. The van der Waals surface area contributed by atoms with Crippen LogP contribution in [0.1, 0.15) is 87.9 Å². The Morgan fingerprint density at radius 1 is 0.719 bits per heavy atom. The zero-order valence-corrected chi connectivity index (χ0v) is 33.7. The van der Waals surface area contributed by atoms with Crippen molar-refractivity contribution in [2.75, 3.05) is 13.2 Å². The minimum atomic E-state index is -4.29. The van der Waals surface area contributed by atoms with Crippen LogP contribution in [-0.4, -0.2) is 78.7 Å². The highest BCUT2D eigenvalue weighted by Gasteiger charge is 2.64. The lowest BCUT2D eigenvalue weighted by Crippen LogP contribution is -2.30. The highest BCUT2D eigenvalue weighted by molar-refractivity contribution is 6.34. The third-order valence-corrected chi connectivity index (χ3v) is 8.86. The van der Waals surface area contributed by atoms with Crippen LogP contribution >= 0.6 is 34.8 Å². The summed E-state index contributed by atoms with van der Waals surface area (Å²) in [5, 5.41) is 10.3. The molecule has 1 N–H and O–H groups in total. The normalized spacial score (nSPS) is 15.6. The summed E-state index contributed by atoms with van der Waals surface area (Å²) in [7, 11) is 0. The van der Waals surface area contributed by atoms with E-state index in [-0.39, 0.29) is 76.5 Å². The van der Waals surface area contributed by atoms with Crippen molar-refractivity contribution >= 4 is 46.7 Å². The van der Waals surface area contributed by atoms with Crippen molar-refractivity contribution < 1.29 is 54.9 Å². The van der Waals surface area contributed by atoms with Crippen molar-refractivity contribution in [3.8, 4) is 17.6 Å². The summed E-state index contributed by atoms with van der Waals surface area (Å²) in [5.74, 6) is -0.506. The Morgan fingerprint density at radius 2 is 1.21 bits per heavy atom. The summed E-state index contributed by atoms with van der Waals surface area (Å²) in [4.78, 5) is 31.6. The van der Waals surface area contributed by atoms with Crippen molar-refractivity contribution in [3.05, 3.63) is 75.4 Å². The predicted molar refractivity (Wildman–Crippen MR) is 196 cm³/mol. The largest absolute Gasteiger partial charge is 0.477 e. The Labute approximate surface area is 338 Å². The lowest BCUT2D eigenvalue weighted by Gasteiger charge is -2.19. The maximum absolute atomic E-state index is 13.0. The van der Waals surface area contributed by atoms with Gasteiger partial charge in [0.1, 0.15) is 50.7 Å². The van der Waals surface area contributed by atoms with Gasteiger partial charge in [0.15, 0.2) is 5.82 Å². The maximum atomic E-state index is 13.0. The van der Waals surface area contributed by atoms with Crippen LogP contribution in [0.3, 0.4) is 0 Å². The Hall–Kier alpha value is -4.29. The summed E-state index contributed by atoms with van der Waals surface area (Å²) in [5.41, 5.74) is -4.30.